The standard InChI is InChI=1S/C25H27N3O4S/c1-18(21-5-3-2-4-6-21)28-33(31,32)23-14-9-19(10-15-23)11-16-25(30)27-22-12-7-20(8-13-22)17-24(26)29/h2-10,12-15,18,28H,11,16-17H2,1H3,(H2,26,29)(H,27,30). The van der Waals surface area contributed by atoms with Gasteiger partial charge in [-0.15, -0.1) is 0 Å². The lowest BCUT2D eigenvalue weighted by Gasteiger charge is -2.15. The number of nitrogens with one attached hydrogen (secondary N) is 2. The predicted octanol–water partition coefficient (Wildman–Crippen LogP) is 3.33. The molecule has 0 aromatic heterocycles. The van der Waals surface area contributed by atoms with Gasteiger partial charge in [-0.2, -0.15) is 0 Å². The number of anilines is 1. The Morgan fingerprint density at radius 1 is 0.879 bits per heavy atom. The van der Waals surface area contributed by atoms with Gasteiger partial charge in [0.25, 0.3) is 0 Å². The van der Waals surface area contributed by atoms with E-state index in [1.54, 1.807) is 55.5 Å². The maximum absolute atomic E-state index is 12.7. The zero-order chi connectivity index (χ0) is 23.8. The quantitative estimate of drug-likeness (QED) is 0.426. The third-order valence-corrected chi connectivity index (χ3v) is 6.68. The molecule has 8 heteroatoms. The minimum Gasteiger partial charge on any atom is -0.369 e. The molecular formula is C25H27N3O4S. The highest BCUT2D eigenvalue weighted by Gasteiger charge is 2.18. The van der Waals surface area contributed by atoms with E-state index in [1.165, 1.54) is 0 Å². The van der Waals surface area contributed by atoms with Crippen LogP contribution in [0.25, 0.3) is 0 Å². The van der Waals surface area contributed by atoms with Gasteiger partial charge in [-0.1, -0.05) is 54.6 Å². The monoisotopic (exact) mass is 465 g/mol. The smallest absolute Gasteiger partial charge is 0.241 e. The van der Waals surface area contributed by atoms with Crippen molar-refractivity contribution in [2.75, 3.05) is 5.32 Å². The lowest BCUT2D eigenvalue weighted by Crippen LogP contribution is -2.26. The van der Waals surface area contributed by atoms with Crippen LogP contribution in [0.4, 0.5) is 5.69 Å². The molecule has 172 valence electrons. The van der Waals surface area contributed by atoms with Crippen LogP contribution in [0.5, 0.6) is 0 Å². The molecule has 33 heavy (non-hydrogen) atoms. The normalized spacial score (nSPS) is 12.2. The van der Waals surface area contributed by atoms with Gasteiger partial charge in [0.05, 0.1) is 11.3 Å². The van der Waals surface area contributed by atoms with E-state index in [1.807, 2.05) is 30.3 Å². The summed E-state index contributed by atoms with van der Waals surface area (Å²) in [4.78, 5) is 23.4. The molecule has 0 saturated heterocycles. The zero-order valence-corrected chi connectivity index (χ0v) is 19.1. The van der Waals surface area contributed by atoms with Crippen molar-refractivity contribution in [1.29, 1.82) is 0 Å². The summed E-state index contributed by atoms with van der Waals surface area (Å²) in [5.74, 6) is -0.570. The number of hydrogen-bond donors (Lipinski definition) is 3. The van der Waals surface area contributed by atoms with Crippen molar-refractivity contribution in [2.45, 2.75) is 37.1 Å². The number of carbonyl (C=O) groups is 2. The number of amides is 2. The molecule has 0 saturated carbocycles. The van der Waals surface area contributed by atoms with Crippen LogP contribution in [0.1, 0.15) is 36.1 Å². The predicted molar refractivity (Wildman–Crippen MR) is 128 cm³/mol. The fraction of sp³-hybridized carbons (Fsp3) is 0.200. The summed E-state index contributed by atoms with van der Waals surface area (Å²) in [7, 11) is -3.67. The molecule has 0 aliphatic rings. The Bertz CT molecular complexity index is 1190. The number of aryl methyl sites for hydroxylation is 1. The summed E-state index contributed by atoms with van der Waals surface area (Å²) in [6, 6.07) is 22.5. The lowest BCUT2D eigenvalue weighted by atomic mass is 10.1. The molecule has 1 unspecified atom stereocenters. The van der Waals surface area contributed by atoms with Gasteiger partial charge < -0.3 is 11.1 Å². The first kappa shape index (κ1) is 24.2. The second-order valence-electron chi connectivity index (χ2n) is 7.79. The number of hydrogen-bond acceptors (Lipinski definition) is 4. The Morgan fingerprint density at radius 3 is 2.09 bits per heavy atom. The first-order valence-corrected chi connectivity index (χ1v) is 12.0. The first-order valence-electron chi connectivity index (χ1n) is 10.6. The molecule has 7 nitrogen and oxygen atoms in total. The highest BCUT2D eigenvalue weighted by molar-refractivity contribution is 7.89. The van der Waals surface area contributed by atoms with Crippen LogP contribution in [0.2, 0.25) is 0 Å². The Hall–Kier alpha value is -3.49. The van der Waals surface area contributed by atoms with Gasteiger partial charge in [0.2, 0.25) is 21.8 Å². The number of carbonyl (C=O) groups excluding carboxylic acids is 2. The molecule has 0 heterocycles. The fourth-order valence-electron chi connectivity index (χ4n) is 3.33. The van der Waals surface area contributed by atoms with E-state index in [-0.39, 0.29) is 29.7 Å². The van der Waals surface area contributed by atoms with Crippen LogP contribution in [-0.2, 0) is 32.5 Å². The number of sulfonamides is 1. The maximum Gasteiger partial charge on any atom is 0.241 e. The topological polar surface area (TPSA) is 118 Å². The average molecular weight is 466 g/mol. The maximum atomic E-state index is 12.7. The molecule has 0 aliphatic carbocycles. The molecule has 0 fully saturated rings. The van der Waals surface area contributed by atoms with Gasteiger partial charge in [-0.3, -0.25) is 9.59 Å². The highest BCUT2D eigenvalue weighted by atomic mass is 32.2. The molecule has 3 aromatic carbocycles. The Labute approximate surface area is 194 Å². The molecule has 0 aliphatic heterocycles. The number of primary amides is 1. The van der Waals surface area contributed by atoms with E-state index in [4.69, 9.17) is 5.73 Å². The molecule has 0 spiro atoms. The van der Waals surface area contributed by atoms with E-state index >= 15 is 0 Å². The number of benzene rings is 3. The molecule has 3 rings (SSSR count). The molecule has 0 bridgehead atoms. The number of rotatable bonds is 10. The van der Waals surface area contributed by atoms with E-state index in [9.17, 15) is 18.0 Å². The van der Waals surface area contributed by atoms with E-state index < -0.39 is 15.9 Å². The summed E-state index contributed by atoms with van der Waals surface area (Å²) >= 11 is 0. The van der Waals surface area contributed by atoms with Gasteiger partial charge >= 0.3 is 0 Å². The van der Waals surface area contributed by atoms with Crippen molar-refractivity contribution in [1.82, 2.24) is 4.72 Å². The van der Waals surface area contributed by atoms with Crippen molar-refractivity contribution in [3.05, 3.63) is 95.6 Å². The van der Waals surface area contributed by atoms with E-state index in [0.29, 0.717) is 12.1 Å². The zero-order valence-electron chi connectivity index (χ0n) is 18.3. The van der Waals surface area contributed by atoms with Crippen LogP contribution in [0.15, 0.2) is 83.8 Å². The van der Waals surface area contributed by atoms with Gasteiger partial charge in [0.15, 0.2) is 0 Å². The van der Waals surface area contributed by atoms with E-state index in [2.05, 4.69) is 10.0 Å². The van der Waals surface area contributed by atoms with Crippen LogP contribution in [0, 0.1) is 0 Å². The van der Waals surface area contributed by atoms with Crippen molar-refractivity contribution in [3.8, 4) is 0 Å². The largest absolute Gasteiger partial charge is 0.369 e. The average Bonchev–Trinajstić information content (AvgIpc) is 2.79. The van der Waals surface area contributed by atoms with Crippen molar-refractivity contribution in [3.63, 3.8) is 0 Å². The third-order valence-electron chi connectivity index (χ3n) is 5.12. The summed E-state index contributed by atoms with van der Waals surface area (Å²) in [6.07, 6.45) is 0.874. The van der Waals surface area contributed by atoms with Crippen molar-refractivity contribution < 1.29 is 18.0 Å². The summed E-state index contributed by atoms with van der Waals surface area (Å²) in [5.41, 5.74) is 8.32. The van der Waals surface area contributed by atoms with E-state index in [0.717, 1.165) is 16.7 Å². The van der Waals surface area contributed by atoms with Crippen LogP contribution in [0.3, 0.4) is 0 Å². The molecule has 4 N–H and O–H groups in total. The lowest BCUT2D eigenvalue weighted by molar-refractivity contribution is -0.117. The molecule has 0 radical (unpaired) electrons. The summed E-state index contributed by atoms with van der Waals surface area (Å²) in [6.45, 7) is 1.80. The minimum atomic E-state index is -3.67. The molecular weight excluding hydrogens is 438 g/mol. The number of nitrogens with two attached hydrogens (primary N) is 1. The summed E-state index contributed by atoms with van der Waals surface area (Å²) < 4.78 is 28.0. The summed E-state index contributed by atoms with van der Waals surface area (Å²) in [5, 5.41) is 2.80. The second kappa shape index (κ2) is 10.9. The van der Waals surface area contributed by atoms with Crippen molar-refractivity contribution >= 4 is 27.5 Å². The van der Waals surface area contributed by atoms with Crippen molar-refractivity contribution in [2.24, 2.45) is 5.73 Å². The van der Waals surface area contributed by atoms with Crippen LogP contribution in [-0.4, -0.2) is 20.2 Å². The molecule has 2 amide bonds. The highest BCUT2D eigenvalue weighted by Crippen LogP contribution is 2.18. The second-order valence-corrected chi connectivity index (χ2v) is 9.50. The van der Waals surface area contributed by atoms with Crippen LogP contribution >= 0.6 is 0 Å². The van der Waals surface area contributed by atoms with Gasteiger partial charge in [0, 0.05) is 18.2 Å². The Morgan fingerprint density at radius 2 is 1.48 bits per heavy atom. The minimum absolute atomic E-state index is 0.153. The third kappa shape index (κ3) is 7.27. The Kier molecular flexibility index (Phi) is 7.97. The fourth-order valence-corrected chi connectivity index (χ4v) is 4.57. The molecule has 3 aromatic rings. The van der Waals surface area contributed by atoms with Gasteiger partial charge in [-0.25, -0.2) is 13.1 Å². The SMILES string of the molecule is CC(NS(=O)(=O)c1ccc(CCC(=O)Nc2ccc(CC(N)=O)cc2)cc1)c1ccccc1. The van der Waals surface area contributed by atoms with Gasteiger partial charge in [-0.05, 0) is 54.3 Å². The first-order chi connectivity index (χ1) is 15.7. The Balaban J connectivity index is 1.52. The van der Waals surface area contributed by atoms with Crippen LogP contribution < -0.4 is 15.8 Å². The van der Waals surface area contributed by atoms with Gasteiger partial charge in [0.1, 0.15) is 0 Å². The molecule has 1 atom stereocenters.